The molecule has 1 aliphatic rings. The molecule has 2 aromatic carbocycles. The molecular formula is C20H25N. The van der Waals surface area contributed by atoms with Crippen LogP contribution in [0.5, 0.6) is 0 Å². The Labute approximate surface area is 128 Å². The van der Waals surface area contributed by atoms with Gasteiger partial charge >= 0.3 is 0 Å². The van der Waals surface area contributed by atoms with Gasteiger partial charge in [0.05, 0.1) is 0 Å². The van der Waals surface area contributed by atoms with Crippen LogP contribution in [-0.4, -0.2) is 0 Å². The third-order valence-electron chi connectivity index (χ3n) is 4.59. The van der Waals surface area contributed by atoms with Crippen molar-refractivity contribution in [2.45, 2.75) is 51.5 Å². The molecule has 1 unspecified atom stereocenters. The maximum absolute atomic E-state index is 3.53. The molecule has 1 N–H and O–H groups in total. The van der Waals surface area contributed by atoms with Gasteiger partial charge < -0.3 is 5.32 Å². The lowest BCUT2D eigenvalue weighted by Crippen LogP contribution is -2.00. The van der Waals surface area contributed by atoms with Gasteiger partial charge in [0.2, 0.25) is 0 Å². The molecule has 1 atom stereocenters. The Morgan fingerprint density at radius 2 is 1.86 bits per heavy atom. The number of hydrogen-bond donors (Lipinski definition) is 1. The van der Waals surface area contributed by atoms with Crippen molar-refractivity contribution in [3.05, 3.63) is 65.2 Å². The van der Waals surface area contributed by atoms with Crippen LogP contribution in [0.4, 0.5) is 5.69 Å². The second-order valence-electron chi connectivity index (χ2n) is 6.30. The molecular weight excluding hydrogens is 254 g/mol. The van der Waals surface area contributed by atoms with Gasteiger partial charge in [-0.3, -0.25) is 0 Å². The summed E-state index contributed by atoms with van der Waals surface area (Å²) in [6.07, 6.45) is 3.93. The predicted molar refractivity (Wildman–Crippen MR) is 90.9 cm³/mol. The summed E-state index contributed by atoms with van der Waals surface area (Å²) in [7, 11) is 0. The monoisotopic (exact) mass is 279 g/mol. The number of benzene rings is 2. The number of nitrogens with one attached hydrogen (secondary N) is 1. The fraction of sp³-hybridized carbons (Fsp3) is 0.400. The molecule has 1 aliphatic carbocycles. The summed E-state index contributed by atoms with van der Waals surface area (Å²) in [5.41, 5.74) is 5.53. The normalized spacial score (nSPS) is 15.7. The van der Waals surface area contributed by atoms with E-state index in [0.29, 0.717) is 5.92 Å². The molecule has 0 aromatic heterocycles. The third kappa shape index (κ3) is 3.66. The standard InChI is InChI=1S/C20H25N/c1-3-15(2)17-9-11-20(12-10-17)21-14-16-5-4-6-19(13-16)18-7-8-18/h4-6,9-13,15,18,21H,3,7-8,14H2,1-2H3. The molecule has 1 saturated carbocycles. The highest BCUT2D eigenvalue weighted by Crippen LogP contribution is 2.40. The molecule has 0 aliphatic heterocycles. The average molecular weight is 279 g/mol. The van der Waals surface area contributed by atoms with Crippen molar-refractivity contribution in [1.29, 1.82) is 0 Å². The molecule has 0 spiro atoms. The summed E-state index contributed by atoms with van der Waals surface area (Å²) in [5, 5.41) is 3.53. The fourth-order valence-corrected chi connectivity index (χ4v) is 2.74. The summed E-state index contributed by atoms with van der Waals surface area (Å²) < 4.78 is 0. The molecule has 0 heterocycles. The molecule has 0 saturated heterocycles. The van der Waals surface area contributed by atoms with E-state index in [1.807, 2.05) is 0 Å². The molecule has 1 heteroatoms. The first kappa shape index (κ1) is 14.2. The van der Waals surface area contributed by atoms with E-state index in [1.165, 1.54) is 41.6 Å². The number of anilines is 1. The Balaban J connectivity index is 1.60. The quantitative estimate of drug-likeness (QED) is 0.716. The minimum Gasteiger partial charge on any atom is -0.381 e. The van der Waals surface area contributed by atoms with E-state index in [-0.39, 0.29) is 0 Å². The first-order valence-electron chi connectivity index (χ1n) is 8.19. The van der Waals surface area contributed by atoms with Crippen LogP contribution < -0.4 is 5.32 Å². The summed E-state index contributed by atoms with van der Waals surface area (Å²) in [6.45, 7) is 5.43. The third-order valence-corrected chi connectivity index (χ3v) is 4.59. The summed E-state index contributed by atoms with van der Waals surface area (Å²) in [5.74, 6) is 1.48. The van der Waals surface area contributed by atoms with Crippen molar-refractivity contribution in [2.24, 2.45) is 0 Å². The zero-order chi connectivity index (χ0) is 14.7. The Hall–Kier alpha value is -1.76. The zero-order valence-electron chi connectivity index (χ0n) is 13.1. The molecule has 0 bridgehead atoms. The summed E-state index contributed by atoms with van der Waals surface area (Å²) in [6, 6.07) is 17.9. The van der Waals surface area contributed by atoms with Gasteiger partial charge in [-0.25, -0.2) is 0 Å². The average Bonchev–Trinajstić information content (AvgIpc) is 3.38. The van der Waals surface area contributed by atoms with Crippen LogP contribution in [-0.2, 0) is 6.54 Å². The highest BCUT2D eigenvalue weighted by atomic mass is 14.9. The van der Waals surface area contributed by atoms with Crippen LogP contribution in [0, 0.1) is 0 Å². The molecule has 1 nitrogen and oxygen atoms in total. The largest absolute Gasteiger partial charge is 0.381 e. The van der Waals surface area contributed by atoms with Gasteiger partial charge in [0.15, 0.2) is 0 Å². The van der Waals surface area contributed by atoms with E-state index in [4.69, 9.17) is 0 Å². The summed E-state index contributed by atoms with van der Waals surface area (Å²) >= 11 is 0. The van der Waals surface area contributed by atoms with Crippen molar-refractivity contribution in [3.63, 3.8) is 0 Å². The lowest BCUT2D eigenvalue weighted by Gasteiger charge is -2.11. The zero-order valence-corrected chi connectivity index (χ0v) is 13.1. The highest BCUT2D eigenvalue weighted by molar-refractivity contribution is 5.46. The first-order valence-corrected chi connectivity index (χ1v) is 8.19. The van der Waals surface area contributed by atoms with Crippen molar-refractivity contribution in [3.8, 4) is 0 Å². The van der Waals surface area contributed by atoms with Crippen molar-refractivity contribution < 1.29 is 0 Å². The molecule has 1 fully saturated rings. The topological polar surface area (TPSA) is 12.0 Å². The maximum atomic E-state index is 3.53. The minimum atomic E-state index is 0.647. The molecule has 0 amide bonds. The van der Waals surface area contributed by atoms with Gasteiger partial charge in [-0.1, -0.05) is 50.2 Å². The van der Waals surface area contributed by atoms with E-state index in [2.05, 4.69) is 67.7 Å². The van der Waals surface area contributed by atoms with Gasteiger partial charge in [0, 0.05) is 12.2 Å². The van der Waals surface area contributed by atoms with E-state index in [9.17, 15) is 0 Å². The van der Waals surface area contributed by atoms with Crippen LogP contribution >= 0.6 is 0 Å². The van der Waals surface area contributed by atoms with Gasteiger partial charge in [-0.05, 0) is 59.9 Å². The molecule has 0 radical (unpaired) electrons. The lowest BCUT2D eigenvalue weighted by atomic mass is 9.98. The van der Waals surface area contributed by atoms with Crippen molar-refractivity contribution >= 4 is 5.69 Å². The van der Waals surface area contributed by atoms with Gasteiger partial charge in [0.1, 0.15) is 0 Å². The first-order chi connectivity index (χ1) is 10.3. The Morgan fingerprint density at radius 3 is 2.52 bits per heavy atom. The maximum Gasteiger partial charge on any atom is 0.0400 e. The number of hydrogen-bond acceptors (Lipinski definition) is 1. The number of rotatable bonds is 6. The Bertz CT molecular complexity index is 581. The van der Waals surface area contributed by atoms with Crippen molar-refractivity contribution in [2.75, 3.05) is 5.32 Å². The van der Waals surface area contributed by atoms with Crippen LogP contribution in [0.3, 0.4) is 0 Å². The van der Waals surface area contributed by atoms with Crippen LogP contribution in [0.1, 0.15) is 61.6 Å². The van der Waals surface area contributed by atoms with E-state index < -0.39 is 0 Å². The fourth-order valence-electron chi connectivity index (χ4n) is 2.74. The molecule has 21 heavy (non-hydrogen) atoms. The van der Waals surface area contributed by atoms with Crippen LogP contribution in [0.2, 0.25) is 0 Å². The van der Waals surface area contributed by atoms with E-state index >= 15 is 0 Å². The SMILES string of the molecule is CCC(C)c1ccc(NCc2cccc(C3CC3)c2)cc1. The lowest BCUT2D eigenvalue weighted by molar-refractivity contribution is 0.734. The van der Waals surface area contributed by atoms with Crippen molar-refractivity contribution in [1.82, 2.24) is 0 Å². The Morgan fingerprint density at radius 1 is 1.10 bits per heavy atom. The van der Waals surface area contributed by atoms with Gasteiger partial charge in [-0.2, -0.15) is 0 Å². The van der Waals surface area contributed by atoms with E-state index in [0.717, 1.165) is 12.5 Å². The van der Waals surface area contributed by atoms with Crippen LogP contribution in [0.25, 0.3) is 0 Å². The molecule has 3 rings (SSSR count). The molecule has 110 valence electrons. The highest BCUT2D eigenvalue weighted by Gasteiger charge is 2.23. The second-order valence-corrected chi connectivity index (χ2v) is 6.30. The second kappa shape index (κ2) is 6.34. The molecule has 2 aromatic rings. The van der Waals surface area contributed by atoms with E-state index in [1.54, 1.807) is 0 Å². The minimum absolute atomic E-state index is 0.647. The van der Waals surface area contributed by atoms with Gasteiger partial charge in [0.25, 0.3) is 0 Å². The Kier molecular flexibility index (Phi) is 4.28. The predicted octanol–water partition coefficient (Wildman–Crippen LogP) is 5.69. The van der Waals surface area contributed by atoms with Crippen LogP contribution in [0.15, 0.2) is 48.5 Å². The smallest absolute Gasteiger partial charge is 0.0400 e. The van der Waals surface area contributed by atoms with Gasteiger partial charge in [-0.15, -0.1) is 0 Å². The summed E-state index contributed by atoms with van der Waals surface area (Å²) in [4.78, 5) is 0.